The highest BCUT2D eigenvalue weighted by molar-refractivity contribution is 5.84. The number of unbranched alkanes of at least 4 members (excludes halogenated alkanes) is 2. The first-order chi connectivity index (χ1) is 10.8. The van der Waals surface area contributed by atoms with Gasteiger partial charge in [-0.25, -0.2) is 9.59 Å². The number of carboxylic acids is 1. The molecule has 0 aliphatic carbocycles. The Hall–Kier alpha value is -1.96. The summed E-state index contributed by atoms with van der Waals surface area (Å²) in [7, 11) is 1.33. The van der Waals surface area contributed by atoms with E-state index in [1.807, 2.05) is 0 Å². The molecule has 142 valence electrons. The zero-order chi connectivity index (χ0) is 17.8. The van der Waals surface area contributed by atoms with Gasteiger partial charge in [0.25, 0.3) is 0 Å². The highest BCUT2D eigenvalue weighted by Crippen LogP contribution is 2.10. The lowest BCUT2D eigenvalue weighted by molar-refractivity contribution is -0.168. The summed E-state index contributed by atoms with van der Waals surface area (Å²) >= 11 is 0. The predicted octanol–water partition coefficient (Wildman–Crippen LogP) is 1.98. The number of methoxy groups -OCH3 is 1. The quantitative estimate of drug-likeness (QED) is 0.419. The van der Waals surface area contributed by atoms with Crippen molar-refractivity contribution >= 4 is 23.7 Å². The van der Waals surface area contributed by atoms with Crippen LogP contribution in [0.25, 0.3) is 0 Å². The van der Waals surface area contributed by atoms with Crippen molar-refractivity contribution in [3.8, 4) is 0 Å². The van der Waals surface area contributed by atoms with Crippen molar-refractivity contribution in [2.24, 2.45) is 0 Å². The van der Waals surface area contributed by atoms with Crippen molar-refractivity contribution in [1.82, 2.24) is 0 Å². The van der Waals surface area contributed by atoms with Gasteiger partial charge in [-0.1, -0.05) is 13.8 Å². The Labute approximate surface area is 143 Å². The number of carbonyl (C=O) groups is 4. The molecule has 1 N–H and O–H groups in total. The van der Waals surface area contributed by atoms with Gasteiger partial charge < -0.3 is 19.3 Å². The second-order valence-corrected chi connectivity index (χ2v) is 5.07. The van der Waals surface area contributed by atoms with Gasteiger partial charge in [0.2, 0.25) is 0 Å². The lowest BCUT2D eigenvalue weighted by Crippen LogP contribution is -2.30. The average molecular weight is 351 g/mol. The van der Waals surface area contributed by atoms with Crippen molar-refractivity contribution in [3.63, 3.8) is 0 Å². The summed E-state index contributed by atoms with van der Waals surface area (Å²) in [6, 6.07) is 0. The molecule has 0 aromatic rings. The van der Waals surface area contributed by atoms with Gasteiger partial charge in [-0.3, -0.25) is 9.59 Å². The monoisotopic (exact) mass is 351 g/mol. The molecule has 8 heteroatoms. The van der Waals surface area contributed by atoms with Crippen molar-refractivity contribution in [2.75, 3.05) is 13.7 Å². The van der Waals surface area contributed by atoms with Gasteiger partial charge in [-0.15, -0.1) is 0 Å². The van der Waals surface area contributed by atoms with Crippen molar-refractivity contribution in [1.29, 1.82) is 0 Å². The predicted molar refractivity (Wildman–Crippen MR) is 87.6 cm³/mol. The van der Waals surface area contributed by atoms with Gasteiger partial charge in [0.05, 0.1) is 0 Å². The molecule has 0 radical (unpaired) electrons. The molecule has 2 atom stereocenters. The molecule has 0 spiro atoms. The van der Waals surface area contributed by atoms with Crippen LogP contribution in [0.1, 0.15) is 54.8 Å². The van der Waals surface area contributed by atoms with Crippen LogP contribution in [0.4, 0.5) is 0 Å². The molecule has 0 bridgehead atoms. The molecule has 0 saturated carbocycles. The van der Waals surface area contributed by atoms with E-state index in [1.54, 1.807) is 0 Å². The van der Waals surface area contributed by atoms with Crippen LogP contribution in [0, 0.1) is 0 Å². The number of hydrogen-bond acceptors (Lipinski definition) is 7. The first-order valence-electron chi connectivity index (χ1n) is 7.39. The van der Waals surface area contributed by atoms with Crippen LogP contribution in [0.3, 0.4) is 0 Å². The SMILES string of the molecule is C.COC(C)C(=O)OCC(=O)OC(CCCCCC(=O)O)C(C)=O.[2HH]. The fourth-order valence-electron chi connectivity index (χ4n) is 1.66. The van der Waals surface area contributed by atoms with Gasteiger partial charge in [0, 0.05) is 15.0 Å². The van der Waals surface area contributed by atoms with Gasteiger partial charge in [0.15, 0.2) is 24.6 Å². The summed E-state index contributed by atoms with van der Waals surface area (Å²) in [5.41, 5.74) is 0. The molecule has 2 unspecified atom stereocenters. The molecule has 24 heavy (non-hydrogen) atoms. The molecule has 0 aliphatic rings. The lowest BCUT2D eigenvalue weighted by Gasteiger charge is -2.15. The second kappa shape index (κ2) is 13.5. The summed E-state index contributed by atoms with van der Waals surface area (Å²) in [5.74, 6) is -2.69. The van der Waals surface area contributed by atoms with E-state index in [0.29, 0.717) is 25.7 Å². The van der Waals surface area contributed by atoms with Crippen molar-refractivity contribution in [2.45, 2.75) is 65.6 Å². The molecule has 0 amide bonds. The van der Waals surface area contributed by atoms with Gasteiger partial charge in [-0.2, -0.15) is 0 Å². The molecule has 0 heterocycles. The van der Waals surface area contributed by atoms with Crippen LogP contribution in [-0.2, 0) is 33.4 Å². The Balaban J connectivity index is -0.00000242. The maximum Gasteiger partial charge on any atom is 0.344 e. The number of Topliss-reactive ketones (excluding diaryl/α,β-unsaturated/α-hetero) is 1. The van der Waals surface area contributed by atoms with Crippen LogP contribution in [0.2, 0.25) is 0 Å². The molecule has 0 rings (SSSR count). The summed E-state index contributed by atoms with van der Waals surface area (Å²) in [6.45, 7) is 2.19. The Morgan fingerprint density at radius 3 is 2.25 bits per heavy atom. The van der Waals surface area contributed by atoms with E-state index in [-0.39, 0.29) is 21.1 Å². The molecule has 8 nitrogen and oxygen atoms in total. The van der Waals surface area contributed by atoms with Gasteiger partial charge in [0.1, 0.15) is 0 Å². The standard InChI is InChI=1S/C15H24O8.CH4.H2/c1-10(16)12(7-5-4-6-8-13(17)18)23-14(19)9-22-15(20)11(2)21-3;;/h11-12H,4-9H2,1-3H3,(H,17,18);1H4;1H/i;;1+1. The van der Waals surface area contributed by atoms with Crippen molar-refractivity contribution in [3.05, 3.63) is 0 Å². The maximum absolute atomic E-state index is 11.6. The Kier molecular flexibility index (Phi) is 13.6. The molecule has 0 aromatic heterocycles. The third-order valence-corrected chi connectivity index (χ3v) is 3.10. The molecule has 0 fully saturated rings. The van der Waals surface area contributed by atoms with E-state index in [2.05, 4.69) is 0 Å². The zero-order valence-corrected chi connectivity index (χ0v) is 13.7. The van der Waals surface area contributed by atoms with Crippen LogP contribution in [0.15, 0.2) is 0 Å². The zero-order valence-electron chi connectivity index (χ0n) is 13.7. The summed E-state index contributed by atoms with van der Waals surface area (Å²) in [6.07, 6.45) is 0.354. The Morgan fingerprint density at radius 2 is 1.75 bits per heavy atom. The summed E-state index contributed by atoms with van der Waals surface area (Å²) in [4.78, 5) is 44.7. The van der Waals surface area contributed by atoms with Gasteiger partial charge >= 0.3 is 17.9 Å². The first kappa shape index (κ1) is 24.3. The molecular formula is C16H30O8. The second-order valence-electron chi connectivity index (χ2n) is 5.07. The number of carboxylic acid groups (broad SMARTS) is 1. The normalized spacial score (nSPS) is 12.5. The molecule has 0 saturated heterocycles. The number of ether oxygens (including phenoxy) is 3. The molecular weight excluding hydrogens is 320 g/mol. The number of hydrogen-bond donors (Lipinski definition) is 1. The summed E-state index contributed by atoms with van der Waals surface area (Å²) < 4.78 is 14.4. The Bertz CT molecular complexity index is 424. The van der Waals surface area contributed by atoms with E-state index < -0.39 is 36.7 Å². The minimum absolute atomic E-state index is 0. The minimum atomic E-state index is -0.911. The van der Waals surface area contributed by atoms with Crippen LogP contribution >= 0.6 is 0 Å². The van der Waals surface area contributed by atoms with Crippen molar-refractivity contribution < 1.29 is 39.9 Å². The molecule has 0 aliphatic heterocycles. The van der Waals surface area contributed by atoms with E-state index in [0.717, 1.165) is 0 Å². The average Bonchev–Trinajstić information content (AvgIpc) is 2.49. The van der Waals surface area contributed by atoms with Crippen LogP contribution in [-0.4, -0.2) is 54.7 Å². The first-order valence-corrected chi connectivity index (χ1v) is 7.39. The largest absolute Gasteiger partial charge is 0.481 e. The third-order valence-electron chi connectivity index (χ3n) is 3.10. The van der Waals surface area contributed by atoms with E-state index in [4.69, 9.17) is 19.3 Å². The highest BCUT2D eigenvalue weighted by Gasteiger charge is 2.21. The fraction of sp³-hybridized carbons (Fsp3) is 0.750. The summed E-state index contributed by atoms with van der Waals surface area (Å²) in [5, 5.41) is 8.52. The maximum atomic E-state index is 11.6. The number of rotatable bonds is 12. The van der Waals surface area contributed by atoms with Gasteiger partial charge in [-0.05, 0) is 33.1 Å². The van der Waals surface area contributed by atoms with E-state index in [9.17, 15) is 19.2 Å². The fourth-order valence-corrected chi connectivity index (χ4v) is 1.66. The minimum Gasteiger partial charge on any atom is -0.481 e. The lowest BCUT2D eigenvalue weighted by atomic mass is 10.1. The Morgan fingerprint density at radius 1 is 1.12 bits per heavy atom. The highest BCUT2D eigenvalue weighted by atomic mass is 16.6. The smallest absolute Gasteiger partial charge is 0.344 e. The number of carbonyl (C=O) groups excluding carboxylic acids is 3. The topological polar surface area (TPSA) is 116 Å². The number of aliphatic carboxylic acids is 1. The van der Waals surface area contributed by atoms with Crippen LogP contribution in [0.5, 0.6) is 0 Å². The number of ketones is 1. The third kappa shape index (κ3) is 11.6. The number of esters is 2. The van der Waals surface area contributed by atoms with Crippen LogP contribution < -0.4 is 0 Å². The molecule has 0 aromatic carbocycles. The van der Waals surface area contributed by atoms with E-state index >= 15 is 0 Å². The van der Waals surface area contributed by atoms with E-state index in [1.165, 1.54) is 21.0 Å².